The maximum Gasteiger partial charge on any atom is 0.337 e. The van der Waals surface area contributed by atoms with E-state index in [0.29, 0.717) is 57.3 Å². The molecule has 0 bridgehead atoms. The van der Waals surface area contributed by atoms with Crippen molar-refractivity contribution in [3.63, 3.8) is 0 Å². The van der Waals surface area contributed by atoms with E-state index in [4.69, 9.17) is 15.2 Å². The number of ether oxygens (including phenoxy) is 2. The van der Waals surface area contributed by atoms with E-state index in [2.05, 4.69) is 4.98 Å². The topological polar surface area (TPSA) is 112 Å². The van der Waals surface area contributed by atoms with Crippen LogP contribution in [-0.4, -0.2) is 34.2 Å². The number of halogens is 1. The lowest BCUT2D eigenvalue weighted by Gasteiger charge is -2.29. The summed E-state index contributed by atoms with van der Waals surface area (Å²) in [7, 11) is 0. The van der Waals surface area contributed by atoms with Crippen LogP contribution in [0.2, 0.25) is 0 Å². The van der Waals surface area contributed by atoms with Gasteiger partial charge in [0, 0.05) is 34.7 Å². The lowest BCUT2D eigenvalue weighted by atomic mass is 9.84. The molecule has 0 saturated heterocycles. The van der Waals surface area contributed by atoms with Crippen molar-refractivity contribution in [1.82, 2.24) is 4.98 Å². The fourth-order valence-corrected chi connectivity index (χ4v) is 5.14. The van der Waals surface area contributed by atoms with E-state index in [-0.39, 0.29) is 5.56 Å². The van der Waals surface area contributed by atoms with Gasteiger partial charge in [0.05, 0.1) is 17.7 Å². The molecule has 0 spiro atoms. The number of rotatable bonds is 5. The summed E-state index contributed by atoms with van der Waals surface area (Å²) >= 11 is 0. The number of primary amides is 1. The van der Waals surface area contributed by atoms with Crippen LogP contribution in [0.5, 0.6) is 5.75 Å². The van der Waals surface area contributed by atoms with Gasteiger partial charge in [-0.25, -0.2) is 9.18 Å². The summed E-state index contributed by atoms with van der Waals surface area (Å²) < 4.78 is 26.8. The minimum absolute atomic E-state index is 0.00791. The molecule has 1 atom stereocenters. The molecule has 4 aromatic rings. The Balaban J connectivity index is 1.98. The first-order chi connectivity index (χ1) is 17.5. The molecule has 3 aromatic carbocycles. The van der Waals surface area contributed by atoms with Crippen molar-refractivity contribution in [3.05, 3.63) is 70.7 Å². The second-order valence-electron chi connectivity index (χ2n) is 10.2. The van der Waals surface area contributed by atoms with E-state index >= 15 is 0 Å². The number of benzene rings is 3. The van der Waals surface area contributed by atoms with Crippen LogP contribution in [0.1, 0.15) is 53.9 Å². The largest absolute Gasteiger partial charge is 0.493 e. The molecule has 5 rings (SSSR count). The first kappa shape index (κ1) is 24.6. The number of hydrogen-bond acceptors (Lipinski definition) is 5. The Morgan fingerprint density at radius 1 is 1.16 bits per heavy atom. The minimum atomic E-state index is -1.37. The van der Waals surface area contributed by atoms with Crippen LogP contribution in [0.25, 0.3) is 32.8 Å². The van der Waals surface area contributed by atoms with Crippen LogP contribution in [0.3, 0.4) is 0 Å². The third kappa shape index (κ3) is 4.27. The molecule has 8 heteroatoms. The first-order valence-electron chi connectivity index (χ1n) is 12.0. The maximum atomic E-state index is 14.9. The summed E-state index contributed by atoms with van der Waals surface area (Å²) in [6, 6.07) is 9.59. The molecule has 1 amide bonds. The van der Waals surface area contributed by atoms with Crippen molar-refractivity contribution in [2.75, 3.05) is 6.61 Å². The molecule has 3 N–H and O–H groups in total. The zero-order chi connectivity index (χ0) is 26.6. The van der Waals surface area contributed by atoms with Gasteiger partial charge in [0.1, 0.15) is 11.6 Å². The highest BCUT2D eigenvalue weighted by molar-refractivity contribution is 6.14. The lowest BCUT2D eigenvalue weighted by Crippen LogP contribution is -2.28. The summed E-state index contributed by atoms with van der Waals surface area (Å²) in [5.41, 5.74) is 8.40. The molecule has 0 fully saturated rings. The lowest BCUT2D eigenvalue weighted by molar-refractivity contribution is -0.160. The Morgan fingerprint density at radius 2 is 1.92 bits per heavy atom. The minimum Gasteiger partial charge on any atom is -0.493 e. The third-order valence-electron chi connectivity index (χ3n) is 6.53. The Bertz CT molecular complexity index is 1600. The summed E-state index contributed by atoms with van der Waals surface area (Å²) in [5, 5.41) is 11.9. The number of pyridine rings is 1. The molecule has 0 unspecified atom stereocenters. The number of amides is 1. The summed E-state index contributed by atoms with van der Waals surface area (Å²) in [6.45, 7) is 7.59. The van der Waals surface area contributed by atoms with Crippen molar-refractivity contribution < 1.29 is 28.6 Å². The van der Waals surface area contributed by atoms with Gasteiger partial charge in [-0.2, -0.15) is 0 Å². The van der Waals surface area contributed by atoms with Gasteiger partial charge < -0.3 is 20.3 Å². The van der Waals surface area contributed by atoms with Gasteiger partial charge in [-0.05, 0) is 85.5 Å². The van der Waals surface area contributed by atoms with Crippen LogP contribution >= 0.6 is 0 Å². The van der Waals surface area contributed by atoms with Crippen LogP contribution in [0.15, 0.2) is 42.6 Å². The molecule has 7 nitrogen and oxygen atoms in total. The second kappa shape index (κ2) is 8.81. The highest BCUT2D eigenvalue weighted by Gasteiger charge is 2.33. The Morgan fingerprint density at radius 3 is 2.59 bits per heavy atom. The van der Waals surface area contributed by atoms with Gasteiger partial charge in [-0.1, -0.05) is 6.07 Å². The van der Waals surface area contributed by atoms with Crippen LogP contribution in [0.4, 0.5) is 4.39 Å². The first-order valence-corrected chi connectivity index (χ1v) is 12.0. The molecule has 37 heavy (non-hydrogen) atoms. The molecule has 2 heterocycles. The number of aryl methyl sites for hydroxylation is 1. The summed E-state index contributed by atoms with van der Waals surface area (Å²) in [4.78, 5) is 29.6. The van der Waals surface area contributed by atoms with Crippen molar-refractivity contribution in [3.8, 4) is 16.9 Å². The number of hydrogen-bond donors (Lipinski definition) is 2. The molecule has 0 radical (unpaired) electrons. The number of aromatic nitrogens is 1. The fraction of sp³-hybridized carbons (Fsp3) is 0.276. The molecule has 190 valence electrons. The van der Waals surface area contributed by atoms with Crippen molar-refractivity contribution in [1.29, 1.82) is 0 Å². The van der Waals surface area contributed by atoms with E-state index in [1.807, 2.05) is 12.1 Å². The maximum absolute atomic E-state index is 14.9. The molecule has 1 aliphatic rings. The number of carbonyl (C=O) groups excluding carboxylic acids is 1. The molecule has 1 aromatic heterocycles. The zero-order valence-electron chi connectivity index (χ0n) is 21.0. The molecule has 0 saturated carbocycles. The van der Waals surface area contributed by atoms with Crippen LogP contribution in [0, 0.1) is 12.7 Å². The second-order valence-corrected chi connectivity index (χ2v) is 10.2. The average Bonchev–Trinajstić information content (AvgIpc) is 2.82. The van der Waals surface area contributed by atoms with E-state index in [1.165, 1.54) is 6.07 Å². The van der Waals surface area contributed by atoms with Crippen molar-refractivity contribution in [2.24, 2.45) is 5.73 Å². The zero-order valence-corrected chi connectivity index (χ0v) is 21.0. The normalized spacial score (nSPS) is 14.0. The van der Waals surface area contributed by atoms with E-state index in [0.717, 1.165) is 17.0 Å². The molecular weight excluding hydrogens is 475 g/mol. The van der Waals surface area contributed by atoms with E-state index in [9.17, 15) is 19.1 Å². The standard InChI is InChI=1S/C29H27FN2O5/c1-14-11-18-19(12-16(30)13-20(18)27(31)33)24(22(14)26(28(34)35)37-29(2,3)4)17-5-6-21-23-15(8-10-36-21)7-9-32-25(17)23/h5-7,9,11-13,26H,8,10H2,1-4H3,(H2,31,33)(H,34,35)/t26-/m0/s1. The van der Waals surface area contributed by atoms with Crippen molar-refractivity contribution >= 4 is 33.6 Å². The van der Waals surface area contributed by atoms with Crippen LogP contribution in [-0.2, 0) is 16.0 Å². The average molecular weight is 503 g/mol. The number of aliphatic carboxylic acids is 1. The number of carboxylic acids is 1. The SMILES string of the molecule is Cc1cc2c(C(N)=O)cc(F)cc2c(-c2ccc3c4c(ccnc24)CCO3)c1[C@H](OC(C)(C)C)C(=O)O. The smallest absolute Gasteiger partial charge is 0.337 e. The van der Waals surface area contributed by atoms with Gasteiger partial charge in [0.15, 0.2) is 6.10 Å². The Labute approximate surface area is 213 Å². The highest BCUT2D eigenvalue weighted by atomic mass is 19.1. The van der Waals surface area contributed by atoms with E-state index in [1.54, 1.807) is 46.0 Å². The molecular formula is C29H27FN2O5. The van der Waals surface area contributed by atoms with Gasteiger partial charge in [0.25, 0.3) is 0 Å². The summed E-state index contributed by atoms with van der Waals surface area (Å²) in [6.07, 6.45) is 1.02. The highest BCUT2D eigenvalue weighted by Crippen LogP contribution is 2.45. The van der Waals surface area contributed by atoms with Crippen LogP contribution < -0.4 is 10.5 Å². The predicted octanol–water partition coefficient (Wildman–Crippen LogP) is 5.48. The molecule has 0 aliphatic carbocycles. The van der Waals surface area contributed by atoms with Gasteiger partial charge >= 0.3 is 5.97 Å². The Kier molecular flexibility index (Phi) is 5.87. The number of nitrogens with zero attached hydrogens (tertiary/aromatic N) is 1. The summed E-state index contributed by atoms with van der Waals surface area (Å²) in [5.74, 6) is -1.97. The van der Waals surface area contributed by atoms with E-state index < -0.39 is 29.4 Å². The number of carboxylic acid groups (broad SMARTS) is 1. The Hall–Kier alpha value is -4.04. The fourth-order valence-electron chi connectivity index (χ4n) is 5.14. The number of carbonyl (C=O) groups is 2. The quantitative estimate of drug-likeness (QED) is 0.374. The van der Waals surface area contributed by atoms with Gasteiger partial charge in [-0.3, -0.25) is 9.78 Å². The predicted molar refractivity (Wildman–Crippen MR) is 138 cm³/mol. The van der Waals surface area contributed by atoms with Gasteiger partial charge in [-0.15, -0.1) is 0 Å². The van der Waals surface area contributed by atoms with Crippen molar-refractivity contribution in [2.45, 2.75) is 45.8 Å². The monoisotopic (exact) mass is 502 g/mol. The van der Waals surface area contributed by atoms with Gasteiger partial charge in [0.2, 0.25) is 5.91 Å². The third-order valence-corrected chi connectivity index (χ3v) is 6.53. The number of fused-ring (bicyclic) bond motifs is 1. The molecule has 1 aliphatic heterocycles. The number of nitrogens with two attached hydrogens (primary N) is 1.